The van der Waals surface area contributed by atoms with E-state index in [2.05, 4.69) is 6.07 Å². The van der Waals surface area contributed by atoms with E-state index in [0.717, 1.165) is 47.4 Å². The highest BCUT2D eigenvalue weighted by Gasteiger charge is 2.18. The van der Waals surface area contributed by atoms with E-state index < -0.39 is 0 Å². The number of thioether (sulfide) groups is 1. The highest BCUT2D eigenvalue weighted by Crippen LogP contribution is 2.33. The lowest BCUT2D eigenvalue weighted by Gasteiger charge is -2.15. The summed E-state index contributed by atoms with van der Waals surface area (Å²) in [6.07, 6.45) is 2.23. The fourth-order valence-electron chi connectivity index (χ4n) is 2.92. The third-order valence-corrected chi connectivity index (χ3v) is 5.33. The van der Waals surface area contributed by atoms with Crippen LogP contribution in [0.2, 0.25) is 0 Å². The van der Waals surface area contributed by atoms with Crippen LogP contribution in [-0.4, -0.2) is 48.9 Å². The van der Waals surface area contributed by atoms with Gasteiger partial charge in [-0.25, -0.2) is 4.98 Å². The summed E-state index contributed by atoms with van der Waals surface area (Å²) in [5.41, 5.74) is 1.91. The predicted molar refractivity (Wildman–Crippen MR) is 96.1 cm³/mol. The van der Waals surface area contributed by atoms with Gasteiger partial charge < -0.3 is 14.4 Å². The monoisotopic (exact) mass is 346 g/mol. The third-order valence-electron chi connectivity index (χ3n) is 4.26. The Balaban J connectivity index is 1.82. The normalized spacial score (nSPS) is 14.2. The van der Waals surface area contributed by atoms with Crippen LogP contribution in [0.5, 0.6) is 11.5 Å². The zero-order chi connectivity index (χ0) is 17.1. The molecule has 0 unspecified atom stereocenters. The first-order valence-corrected chi connectivity index (χ1v) is 9.05. The summed E-state index contributed by atoms with van der Waals surface area (Å²) < 4.78 is 10.7. The van der Waals surface area contributed by atoms with Crippen LogP contribution in [0.4, 0.5) is 0 Å². The van der Waals surface area contributed by atoms with Gasteiger partial charge in [0.05, 0.1) is 25.5 Å². The van der Waals surface area contributed by atoms with Crippen LogP contribution in [0.25, 0.3) is 10.9 Å². The van der Waals surface area contributed by atoms with E-state index >= 15 is 0 Å². The maximum atomic E-state index is 12.2. The number of benzene rings is 1. The van der Waals surface area contributed by atoms with Crippen molar-refractivity contribution in [3.63, 3.8) is 0 Å². The average molecular weight is 346 g/mol. The largest absolute Gasteiger partial charge is 0.493 e. The number of methoxy groups -OCH3 is 2. The van der Waals surface area contributed by atoms with Crippen molar-refractivity contribution in [2.75, 3.05) is 33.1 Å². The summed E-state index contributed by atoms with van der Waals surface area (Å²) in [5, 5.41) is 1.89. The van der Waals surface area contributed by atoms with Crippen LogP contribution in [0.3, 0.4) is 0 Å². The molecular formula is C18H22N2O3S. The summed E-state index contributed by atoms with van der Waals surface area (Å²) in [6, 6.07) is 5.88. The minimum absolute atomic E-state index is 0.200. The minimum Gasteiger partial charge on any atom is -0.493 e. The number of ether oxygens (including phenoxy) is 2. The molecule has 3 rings (SSSR count). The van der Waals surface area contributed by atoms with E-state index in [9.17, 15) is 4.79 Å². The van der Waals surface area contributed by atoms with Crippen molar-refractivity contribution < 1.29 is 14.3 Å². The van der Waals surface area contributed by atoms with Crippen molar-refractivity contribution in [1.82, 2.24) is 9.88 Å². The van der Waals surface area contributed by atoms with Crippen LogP contribution in [0, 0.1) is 6.92 Å². The first-order chi connectivity index (χ1) is 11.6. The topological polar surface area (TPSA) is 51.7 Å². The van der Waals surface area contributed by atoms with Crippen molar-refractivity contribution in [3.8, 4) is 11.5 Å². The Morgan fingerprint density at radius 1 is 1.17 bits per heavy atom. The number of fused-ring (bicyclic) bond motifs is 1. The molecule has 1 aromatic carbocycles. The Bertz CT molecular complexity index is 758. The molecule has 0 bridgehead atoms. The lowest BCUT2D eigenvalue weighted by molar-refractivity contribution is -0.127. The standard InChI is InChI=1S/C18H22N2O3S/c1-12-8-13-9-15(22-2)16(23-3)10-14(13)19-18(12)24-11-17(21)20-6-4-5-7-20/h8-10H,4-7,11H2,1-3H3. The molecule has 5 nitrogen and oxygen atoms in total. The molecule has 128 valence electrons. The number of aromatic nitrogens is 1. The molecule has 0 spiro atoms. The SMILES string of the molecule is COc1cc2cc(C)c(SCC(=O)N3CCCC3)nc2cc1OC. The summed E-state index contributed by atoms with van der Waals surface area (Å²) in [6.45, 7) is 3.80. The van der Waals surface area contributed by atoms with Gasteiger partial charge >= 0.3 is 0 Å². The maximum Gasteiger partial charge on any atom is 0.232 e. The number of hydrogen-bond donors (Lipinski definition) is 0. The highest BCUT2D eigenvalue weighted by atomic mass is 32.2. The van der Waals surface area contributed by atoms with Crippen LogP contribution >= 0.6 is 11.8 Å². The summed E-state index contributed by atoms with van der Waals surface area (Å²) in [5.74, 6) is 1.99. The average Bonchev–Trinajstić information content (AvgIpc) is 3.13. The first kappa shape index (κ1) is 16.9. The third kappa shape index (κ3) is 3.43. The number of carbonyl (C=O) groups excluding carboxylic acids is 1. The number of carbonyl (C=O) groups is 1. The van der Waals surface area contributed by atoms with Gasteiger partial charge in [0.1, 0.15) is 5.03 Å². The molecule has 1 aliphatic rings. The number of likely N-dealkylation sites (tertiary alicyclic amines) is 1. The quantitative estimate of drug-likeness (QED) is 0.778. The lowest BCUT2D eigenvalue weighted by Crippen LogP contribution is -2.29. The van der Waals surface area contributed by atoms with E-state index in [1.165, 1.54) is 11.8 Å². The molecule has 1 aliphatic heterocycles. The van der Waals surface area contributed by atoms with Gasteiger partial charge in [0.25, 0.3) is 0 Å². The molecular weight excluding hydrogens is 324 g/mol. The van der Waals surface area contributed by atoms with E-state index in [1.54, 1.807) is 14.2 Å². The molecule has 24 heavy (non-hydrogen) atoms. The molecule has 2 heterocycles. The van der Waals surface area contributed by atoms with Crippen molar-refractivity contribution in [2.45, 2.75) is 24.8 Å². The molecule has 0 atom stereocenters. The van der Waals surface area contributed by atoms with Gasteiger partial charge in [-0.05, 0) is 37.5 Å². The molecule has 0 radical (unpaired) electrons. The van der Waals surface area contributed by atoms with Gasteiger partial charge in [-0.15, -0.1) is 0 Å². The van der Waals surface area contributed by atoms with Crippen LogP contribution in [0.1, 0.15) is 18.4 Å². The zero-order valence-electron chi connectivity index (χ0n) is 14.3. The first-order valence-electron chi connectivity index (χ1n) is 8.06. The summed E-state index contributed by atoms with van der Waals surface area (Å²) in [4.78, 5) is 18.9. The highest BCUT2D eigenvalue weighted by molar-refractivity contribution is 7.99. The Hall–Kier alpha value is -1.95. The molecule has 1 amide bonds. The molecule has 1 aromatic heterocycles. The van der Waals surface area contributed by atoms with Gasteiger partial charge in [0, 0.05) is 24.5 Å². The summed E-state index contributed by atoms with van der Waals surface area (Å²) >= 11 is 1.51. The Labute approximate surface area is 146 Å². The van der Waals surface area contributed by atoms with Gasteiger partial charge in [0.2, 0.25) is 5.91 Å². The van der Waals surface area contributed by atoms with Gasteiger partial charge in [0.15, 0.2) is 11.5 Å². The van der Waals surface area contributed by atoms with Gasteiger partial charge in [-0.3, -0.25) is 4.79 Å². The van der Waals surface area contributed by atoms with E-state index in [4.69, 9.17) is 14.5 Å². The summed E-state index contributed by atoms with van der Waals surface area (Å²) in [7, 11) is 3.24. The zero-order valence-corrected chi connectivity index (χ0v) is 15.1. The fraction of sp³-hybridized carbons (Fsp3) is 0.444. The number of pyridine rings is 1. The molecule has 0 aliphatic carbocycles. The van der Waals surface area contributed by atoms with Crippen LogP contribution in [-0.2, 0) is 4.79 Å². The van der Waals surface area contributed by atoms with Crippen molar-refractivity contribution in [3.05, 3.63) is 23.8 Å². The smallest absolute Gasteiger partial charge is 0.232 e. The Kier molecular flexibility index (Phi) is 5.14. The molecule has 6 heteroatoms. The van der Waals surface area contributed by atoms with Crippen LogP contribution in [0.15, 0.2) is 23.2 Å². The Morgan fingerprint density at radius 3 is 2.50 bits per heavy atom. The minimum atomic E-state index is 0.200. The van der Waals surface area contributed by atoms with Gasteiger partial charge in [-0.2, -0.15) is 0 Å². The number of aryl methyl sites for hydroxylation is 1. The number of hydrogen-bond acceptors (Lipinski definition) is 5. The molecule has 1 saturated heterocycles. The molecule has 2 aromatic rings. The number of amides is 1. The van der Waals surface area contributed by atoms with E-state index in [1.807, 2.05) is 24.0 Å². The molecule has 0 N–H and O–H groups in total. The molecule has 1 fully saturated rings. The fourth-order valence-corrected chi connectivity index (χ4v) is 3.82. The lowest BCUT2D eigenvalue weighted by atomic mass is 10.1. The second-order valence-electron chi connectivity index (χ2n) is 5.89. The maximum absolute atomic E-state index is 12.2. The second kappa shape index (κ2) is 7.30. The van der Waals surface area contributed by atoms with E-state index in [0.29, 0.717) is 17.3 Å². The van der Waals surface area contributed by atoms with Crippen molar-refractivity contribution in [2.24, 2.45) is 0 Å². The van der Waals surface area contributed by atoms with Gasteiger partial charge in [-0.1, -0.05) is 11.8 Å². The van der Waals surface area contributed by atoms with Crippen molar-refractivity contribution in [1.29, 1.82) is 0 Å². The molecule has 0 saturated carbocycles. The Morgan fingerprint density at radius 2 is 1.83 bits per heavy atom. The number of rotatable bonds is 5. The van der Waals surface area contributed by atoms with Crippen molar-refractivity contribution >= 4 is 28.6 Å². The van der Waals surface area contributed by atoms with Crippen LogP contribution < -0.4 is 9.47 Å². The number of nitrogens with zero attached hydrogens (tertiary/aromatic N) is 2. The van der Waals surface area contributed by atoms with E-state index in [-0.39, 0.29) is 5.91 Å². The second-order valence-corrected chi connectivity index (χ2v) is 6.85. The predicted octanol–water partition coefficient (Wildman–Crippen LogP) is 3.27.